The maximum absolute atomic E-state index is 11.5. The van der Waals surface area contributed by atoms with Crippen molar-refractivity contribution < 1.29 is 19.0 Å². The Hall–Kier alpha value is -2.29. The monoisotopic (exact) mass is 400 g/mol. The Morgan fingerprint density at radius 2 is 2.07 bits per heavy atom. The van der Waals surface area contributed by atoms with Gasteiger partial charge in [0.2, 0.25) is 0 Å². The van der Waals surface area contributed by atoms with Crippen molar-refractivity contribution in [2.45, 2.75) is 25.4 Å². The summed E-state index contributed by atoms with van der Waals surface area (Å²) in [4.78, 5) is 22.5. The fourth-order valence-electron chi connectivity index (χ4n) is 3.90. The van der Waals surface area contributed by atoms with Gasteiger partial charge in [0, 0.05) is 37.2 Å². The second kappa shape index (κ2) is 9.47. The van der Waals surface area contributed by atoms with Gasteiger partial charge in [0.25, 0.3) is 5.91 Å². The summed E-state index contributed by atoms with van der Waals surface area (Å²) in [5.41, 5.74) is 7.36. The highest BCUT2D eigenvalue weighted by Crippen LogP contribution is 2.27. The molecule has 4 rings (SSSR count). The van der Waals surface area contributed by atoms with Crippen molar-refractivity contribution in [2.75, 3.05) is 51.0 Å². The lowest BCUT2D eigenvalue weighted by molar-refractivity contribution is -0.0119. The Morgan fingerprint density at radius 1 is 1.21 bits per heavy atom. The van der Waals surface area contributed by atoms with E-state index in [2.05, 4.69) is 14.9 Å². The molecule has 2 aliphatic heterocycles. The summed E-state index contributed by atoms with van der Waals surface area (Å²) < 4.78 is 17.1. The van der Waals surface area contributed by atoms with Crippen LogP contribution in [0.3, 0.4) is 0 Å². The SMILES string of the molecule is NC(=O)c1ccc2cncc(N3CCC(OCCOCC4CCOC4)CC3)c2n1. The summed E-state index contributed by atoms with van der Waals surface area (Å²) in [6, 6.07) is 3.48. The summed E-state index contributed by atoms with van der Waals surface area (Å²) in [6.07, 6.45) is 6.76. The molecule has 8 nitrogen and oxygen atoms in total. The molecule has 8 heteroatoms. The van der Waals surface area contributed by atoms with E-state index in [1.54, 1.807) is 12.3 Å². The van der Waals surface area contributed by atoms with Gasteiger partial charge in [-0.25, -0.2) is 4.98 Å². The first-order valence-electron chi connectivity index (χ1n) is 10.3. The van der Waals surface area contributed by atoms with Crippen molar-refractivity contribution in [2.24, 2.45) is 11.7 Å². The highest BCUT2D eigenvalue weighted by Gasteiger charge is 2.22. The van der Waals surface area contributed by atoms with E-state index in [0.29, 0.717) is 19.1 Å². The maximum atomic E-state index is 11.5. The van der Waals surface area contributed by atoms with Crippen LogP contribution in [0.5, 0.6) is 0 Å². The minimum Gasteiger partial charge on any atom is -0.381 e. The number of ether oxygens (including phenoxy) is 3. The zero-order valence-corrected chi connectivity index (χ0v) is 16.6. The van der Waals surface area contributed by atoms with Crippen molar-refractivity contribution in [1.29, 1.82) is 0 Å². The molecule has 0 bridgehead atoms. The maximum Gasteiger partial charge on any atom is 0.267 e. The Bertz CT molecular complexity index is 833. The number of amides is 1. The fraction of sp³-hybridized carbons (Fsp3) is 0.571. The highest BCUT2D eigenvalue weighted by molar-refractivity contribution is 5.96. The number of carbonyl (C=O) groups excluding carboxylic acids is 1. The van der Waals surface area contributed by atoms with E-state index >= 15 is 0 Å². The van der Waals surface area contributed by atoms with E-state index in [0.717, 1.165) is 68.8 Å². The molecule has 2 aliphatic rings. The molecule has 2 N–H and O–H groups in total. The number of fused-ring (bicyclic) bond motifs is 1. The number of carbonyl (C=O) groups is 1. The predicted molar refractivity (Wildman–Crippen MR) is 109 cm³/mol. The van der Waals surface area contributed by atoms with Crippen LogP contribution < -0.4 is 10.6 Å². The molecule has 29 heavy (non-hydrogen) atoms. The van der Waals surface area contributed by atoms with Gasteiger partial charge in [-0.3, -0.25) is 9.78 Å². The Morgan fingerprint density at radius 3 is 2.83 bits per heavy atom. The first-order valence-corrected chi connectivity index (χ1v) is 10.3. The van der Waals surface area contributed by atoms with Crippen LogP contribution in [0.15, 0.2) is 24.5 Å². The van der Waals surface area contributed by atoms with Gasteiger partial charge in [0.1, 0.15) is 5.69 Å². The molecule has 1 atom stereocenters. The van der Waals surface area contributed by atoms with E-state index in [1.165, 1.54) is 0 Å². The van der Waals surface area contributed by atoms with Crippen molar-refractivity contribution >= 4 is 22.5 Å². The number of rotatable bonds is 8. The summed E-state index contributed by atoms with van der Waals surface area (Å²) in [6.45, 7) is 5.40. The van der Waals surface area contributed by atoms with Gasteiger partial charge in [0.05, 0.1) is 49.9 Å². The van der Waals surface area contributed by atoms with Crippen LogP contribution in [0.25, 0.3) is 10.9 Å². The van der Waals surface area contributed by atoms with E-state index in [-0.39, 0.29) is 11.8 Å². The van der Waals surface area contributed by atoms with Crippen molar-refractivity contribution in [1.82, 2.24) is 9.97 Å². The molecular weight excluding hydrogens is 372 g/mol. The van der Waals surface area contributed by atoms with Crippen molar-refractivity contribution in [3.05, 3.63) is 30.2 Å². The molecule has 0 spiro atoms. The van der Waals surface area contributed by atoms with Gasteiger partial charge in [-0.2, -0.15) is 0 Å². The van der Waals surface area contributed by atoms with Crippen LogP contribution in [-0.4, -0.2) is 68.1 Å². The van der Waals surface area contributed by atoms with E-state index < -0.39 is 5.91 Å². The third-order valence-corrected chi connectivity index (χ3v) is 5.57. The average Bonchev–Trinajstić information content (AvgIpc) is 3.27. The standard InChI is InChI=1S/C21H28N4O4/c22-21(26)18-2-1-16-11-23-12-19(20(16)24-18)25-6-3-17(4-7-25)29-10-9-28-14-15-5-8-27-13-15/h1-2,11-12,15,17H,3-10,13-14H2,(H2,22,26). The number of primary amides is 1. The Kier molecular flexibility index (Phi) is 6.53. The minimum atomic E-state index is -0.524. The largest absolute Gasteiger partial charge is 0.381 e. The summed E-state index contributed by atoms with van der Waals surface area (Å²) in [5.74, 6) is 0.0145. The molecule has 2 aromatic heterocycles. The number of nitrogens with zero attached hydrogens (tertiary/aromatic N) is 3. The van der Waals surface area contributed by atoms with Gasteiger partial charge in [-0.1, -0.05) is 0 Å². The van der Waals surface area contributed by atoms with E-state index in [1.807, 2.05) is 12.3 Å². The van der Waals surface area contributed by atoms with Gasteiger partial charge >= 0.3 is 0 Å². The van der Waals surface area contributed by atoms with Gasteiger partial charge < -0.3 is 24.8 Å². The topological polar surface area (TPSA) is 99.8 Å². The number of aromatic nitrogens is 2. The molecule has 1 amide bonds. The smallest absolute Gasteiger partial charge is 0.267 e. The molecule has 1 unspecified atom stereocenters. The van der Waals surface area contributed by atoms with E-state index in [9.17, 15) is 4.79 Å². The molecule has 2 aromatic rings. The van der Waals surface area contributed by atoms with Crippen LogP contribution in [0.4, 0.5) is 5.69 Å². The van der Waals surface area contributed by atoms with Gasteiger partial charge in [-0.05, 0) is 31.4 Å². The van der Waals surface area contributed by atoms with Crippen molar-refractivity contribution in [3.63, 3.8) is 0 Å². The number of pyridine rings is 2. The predicted octanol–water partition coefficient (Wildman–Crippen LogP) is 1.77. The number of nitrogens with two attached hydrogens (primary N) is 1. The zero-order chi connectivity index (χ0) is 20.1. The number of hydrogen-bond acceptors (Lipinski definition) is 7. The number of hydrogen-bond donors (Lipinski definition) is 1. The summed E-state index contributed by atoms with van der Waals surface area (Å²) in [5, 5.41) is 0.899. The molecule has 4 heterocycles. The molecule has 2 fully saturated rings. The van der Waals surface area contributed by atoms with Gasteiger partial charge in [-0.15, -0.1) is 0 Å². The van der Waals surface area contributed by atoms with Gasteiger partial charge in [0.15, 0.2) is 0 Å². The molecule has 0 radical (unpaired) electrons. The summed E-state index contributed by atoms with van der Waals surface area (Å²) >= 11 is 0. The lowest BCUT2D eigenvalue weighted by Gasteiger charge is -2.33. The van der Waals surface area contributed by atoms with Crippen LogP contribution in [0.1, 0.15) is 29.8 Å². The molecule has 0 saturated carbocycles. The molecule has 0 aromatic carbocycles. The first-order chi connectivity index (χ1) is 14.2. The van der Waals surface area contributed by atoms with E-state index in [4.69, 9.17) is 19.9 Å². The third kappa shape index (κ3) is 5.01. The lowest BCUT2D eigenvalue weighted by atomic mass is 10.1. The normalized spacial score (nSPS) is 20.4. The Balaban J connectivity index is 1.27. The zero-order valence-electron chi connectivity index (χ0n) is 16.6. The summed E-state index contributed by atoms with van der Waals surface area (Å²) in [7, 11) is 0. The van der Waals surface area contributed by atoms with Crippen LogP contribution in [0, 0.1) is 5.92 Å². The quantitative estimate of drug-likeness (QED) is 0.674. The molecule has 156 valence electrons. The molecule has 2 saturated heterocycles. The Labute approximate surface area is 170 Å². The third-order valence-electron chi connectivity index (χ3n) is 5.57. The first kappa shape index (κ1) is 20.0. The fourth-order valence-corrected chi connectivity index (χ4v) is 3.90. The highest BCUT2D eigenvalue weighted by atomic mass is 16.5. The second-order valence-electron chi connectivity index (χ2n) is 7.65. The average molecular weight is 400 g/mol. The number of piperidine rings is 1. The minimum absolute atomic E-state index is 0.238. The van der Waals surface area contributed by atoms with Crippen LogP contribution >= 0.6 is 0 Å². The molecule has 0 aliphatic carbocycles. The lowest BCUT2D eigenvalue weighted by Crippen LogP contribution is -2.37. The number of anilines is 1. The van der Waals surface area contributed by atoms with Crippen LogP contribution in [0.2, 0.25) is 0 Å². The second-order valence-corrected chi connectivity index (χ2v) is 7.65. The van der Waals surface area contributed by atoms with Crippen molar-refractivity contribution in [3.8, 4) is 0 Å². The molecular formula is C21H28N4O4. The van der Waals surface area contributed by atoms with Crippen LogP contribution in [-0.2, 0) is 14.2 Å².